The monoisotopic (exact) mass is 348 g/mol. The lowest BCUT2D eigenvalue weighted by atomic mass is 9.39. The van der Waals surface area contributed by atoms with Gasteiger partial charge in [-0.25, -0.2) is 0 Å². The zero-order valence-electron chi connectivity index (χ0n) is 15.8. The molecule has 0 aromatic heterocycles. The normalized spacial score (nSPS) is 62.4. The third kappa shape index (κ3) is 1.73. The number of carbonyl (C=O) groups is 1. The molecule has 4 heteroatoms. The molecule has 2 N–H and O–H groups in total. The number of carbonyl (C=O) groups excluding carboxylic acids is 1. The minimum atomic E-state index is -1.05. The lowest BCUT2D eigenvalue weighted by Crippen LogP contribution is -2.78. The summed E-state index contributed by atoms with van der Waals surface area (Å²) in [5.74, 6) is 0.426. The second kappa shape index (κ2) is 4.69. The zero-order chi connectivity index (χ0) is 17.8. The van der Waals surface area contributed by atoms with Crippen molar-refractivity contribution in [2.75, 3.05) is 0 Å². The van der Waals surface area contributed by atoms with Crippen LogP contribution in [-0.4, -0.2) is 33.5 Å². The summed E-state index contributed by atoms with van der Waals surface area (Å²) in [4.78, 5) is 12.3. The topological polar surface area (TPSA) is 66.8 Å². The van der Waals surface area contributed by atoms with E-state index in [-0.39, 0.29) is 28.4 Å². The maximum Gasteiger partial charge on any atom is 0.166 e. The molecule has 6 fully saturated rings. The summed E-state index contributed by atoms with van der Waals surface area (Å²) < 4.78 is 6.52. The van der Waals surface area contributed by atoms with Gasteiger partial charge in [-0.05, 0) is 68.6 Å². The lowest BCUT2D eigenvalue weighted by molar-refractivity contribution is -0.436. The van der Waals surface area contributed by atoms with Crippen LogP contribution in [0.25, 0.3) is 0 Å². The molecule has 1 spiro atoms. The van der Waals surface area contributed by atoms with E-state index in [1.807, 2.05) is 0 Å². The second-order valence-corrected chi connectivity index (χ2v) is 10.4. The van der Waals surface area contributed by atoms with Gasteiger partial charge in [0.1, 0.15) is 11.4 Å². The first kappa shape index (κ1) is 16.7. The molecule has 9 atom stereocenters. The van der Waals surface area contributed by atoms with Crippen molar-refractivity contribution in [2.24, 2.45) is 34.5 Å². The van der Waals surface area contributed by atoms with Crippen LogP contribution in [0.1, 0.15) is 72.1 Å². The lowest BCUT2D eigenvalue weighted by Gasteiger charge is -2.74. The number of ketones is 1. The van der Waals surface area contributed by atoms with Crippen molar-refractivity contribution < 1.29 is 19.7 Å². The van der Waals surface area contributed by atoms with Gasteiger partial charge < -0.3 is 14.9 Å². The van der Waals surface area contributed by atoms with E-state index in [9.17, 15) is 15.0 Å². The summed E-state index contributed by atoms with van der Waals surface area (Å²) in [5.41, 5.74) is -0.778. The fourth-order valence-corrected chi connectivity index (χ4v) is 8.57. The molecule has 4 saturated carbocycles. The highest BCUT2D eigenvalue weighted by atomic mass is 16.7. The summed E-state index contributed by atoms with van der Waals surface area (Å²) >= 11 is 0. The Hall–Kier alpha value is -0.450. The molecule has 0 aromatic rings. The predicted octanol–water partition coefficient (Wildman–Crippen LogP) is 3.05. The van der Waals surface area contributed by atoms with E-state index in [0.717, 1.165) is 38.5 Å². The minimum absolute atomic E-state index is 0.0462. The van der Waals surface area contributed by atoms with Crippen molar-refractivity contribution in [2.45, 2.75) is 89.6 Å². The molecule has 6 aliphatic rings. The van der Waals surface area contributed by atoms with Gasteiger partial charge in [-0.2, -0.15) is 0 Å². The fourth-order valence-electron chi connectivity index (χ4n) is 8.57. The fraction of sp³-hybridized carbons (Fsp3) is 0.952. The van der Waals surface area contributed by atoms with Crippen molar-refractivity contribution >= 4 is 5.78 Å². The molecular formula is C21H32O4. The van der Waals surface area contributed by atoms with Gasteiger partial charge in [0, 0.05) is 24.2 Å². The number of ether oxygens (including phenoxy) is 1. The van der Waals surface area contributed by atoms with Crippen molar-refractivity contribution in [3.8, 4) is 0 Å². The van der Waals surface area contributed by atoms with Crippen LogP contribution in [0.15, 0.2) is 0 Å². The van der Waals surface area contributed by atoms with E-state index >= 15 is 0 Å². The van der Waals surface area contributed by atoms with Crippen LogP contribution in [0.5, 0.6) is 0 Å². The van der Waals surface area contributed by atoms with Gasteiger partial charge >= 0.3 is 0 Å². The molecule has 2 heterocycles. The molecule has 0 radical (unpaired) electrons. The predicted molar refractivity (Wildman–Crippen MR) is 92.6 cm³/mol. The molecular weight excluding hydrogens is 316 g/mol. The van der Waals surface area contributed by atoms with Crippen LogP contribution in [0, 0.1) is 34.5 Å². The van der Waals surface area contributed by atoms with Crippen LogP contribution in [0.2, 0.25) is 0 Å². The number of aliphatic hydroxyl groups is 2. The Morgan fingerprint density at radius 1 is 1.04 bits per heavy atom. The zero-order valence-corrected chi connectivity index (χ0v) is 15.8. The van der Waals surface area contributed by atoms with Crippen LogP contribution in [0.3, 0.4) is 0 Å². The summed E-state index contributed by atoms with van der Waals surface area (Å²) in [5, 5.41) is 22.5. The van der Waals surface area contributed by atoms with Gasteiger partial charge in [0.15, 0.2) is 5.79 Å². The first-order valence-electron chi connectivity index (χ1n) is 10.3. The summed E-state index contributed by atoms with van der Waals surface area (Å²) in [6.07, 6.45) is 6.61. The second-order valence-electron chi connectivity index (χ2n) is 10.4. The number of Topliss-reactive ketones (excluding diaryl/α,β-unsaturated/α-hetero) is 1. The molecule has 2 aliphatic heterocycles. The average molecular weight is 348 g/mol. The van der Waals surface area contributed by atoms with Crippen molar-refractivity contribution in [3.63, 3.8) is 0 Å². The highest BCUT2D eigenvalue weighted by Gasteiger charge is 2.76. The molecule has 6 rings (SSSR count). The van der Waals surface area contributed by atoms with E-state index in [1.54, 1.807) is 6.92 Å². The van der Waals surface area contributed by atoms with Gasteiger partial charge in [-0.3, -0.25) is 4.79 Å². The Bertz CT molecular complexity index is 633. The molecule has 0 aromatic carbocycles. The standard InChI is InChI=1S/C21H32O4/c1-12(22)14-6-7-15-16-5-4-13-10-20(24)9-8-19(13,3)21(16,25-20)17(23)11-18(14,15)2/h13-17,23-24H,4-11H2,1-3H3/t13?,14-,15+,16+,17-,18-,19+,20-,21-/m1/s1. The van der Waals surface area contributed by atoms with Crippen molar-refractivity contribution in [1.82, 2.24) is 0 Å². The van der Waals surface area contributed by atoms with Gasteiger partial charge in [0.25, 0.3) is 0 Å². The largest absolute Gasteiger partial charge is 0.390 e. The number of fused-ring (bicyclic) bond motifs is 3. The van der Waals surface area contributed by atoms with Gasteiger partial charge in [0.2, 0.25) is 0 Å². The highest BCUT2D eigenvalue weighted by Crippen LogP contribution is 2.74. The number of hydrogen-bond donors (Lipinski definition) is 2. The van der Waals surface area contributed by atoms with Crippen molar-refractivity contribution in [1.29, 1.82) is 0 Å². The summed E-state index contributed by atoms with van der Waals surface area (Å²) in [7, 11) is 0. The number of hydrogen-bond acceptors (Lipinski definition) is 4. The maximum absolute atomic E-state index is 12.3. The molecule has 4 nitrogen and oxygen atoms in total. The Kier molecular flexibility index (Phi) is 3.13. The first-order valence-corrected chi connectivity index (χ1v) is 10.3. The van der Waals surface area contributed by atoms with Crippen LogP contribution in [-0.2, 0) is 9.53 Å². The minimum Gasteiger partial charge on any atom is -0.390 e. The molecule has 140 valence electrons. The van der Waals surface area contributed by atoms with Crippen LogP contribution in [0.4, 0.5) is 0 Å². The van der Waals surface area contributed by atoms with E-state index in [2.05, 4.69) is 13.8 Å². The van der Waals surface area contributed by atoms with Gasteiger partial charge in [-0.1, -0.05) is 13.8 Å². The van der Waals surface area contributed by atoms with E-state index in [0.29, 0.717) is 24.7 Å². The smallest absolute Gasteiger partial charge is 0.166 e. The maximum atomic E-state index is 12.3. The van der Waals surface area contributed by atoms with Gasteiger partial charge in [-0.15, -0.1) is 0 Å². The highest BCUT2D eigenvalue weighted by molar-refractivity contribution is 5.79. The third-order valence-electron chi connectivity index (χ3n) is 9.64. The Morgan fingerprint density at radius 2 is 1.76 bits per heavy atom. The van der Waals surface area contributed by atoms with E-state index in [4.69, 9.17) is 4.74 Å². The molecule has 25 heavy (non-hydrogen) atoms. The SMILES string of the molecule is CC(=O)[C@H]1CC[C@H]2[C@@H]3CCC4C[C@@]5(O)CC[C@]4(C)[C@]3(O5)[C@H](O)C[C@]12C. The first-order chi connectivity index (χ1) is 11.7. The summed E-state index contributed by atoms with van der Waals surface area (Å²) in [6.45, 7) is 6.26. The molecule has 2 saturated heterocycles. The van der Waals surface area contributed by atoms with E-state index < -0.39 is 17.5 Å². The Labute approximate surface area is 150 Å². The number of rotatable bonds is 1. The number of aliphatic hydroxyl groups excluding tert-OH is 1. The molecule has 4 aliphatic carbocycles. The van der Waals surface area contributed by atoms with Crippen molar-refractivity contribution in [3.05, 3.63) is 0 Å². The van der Waals surface area contributed by atoms with E-state index in [1.165, 1.54) is 0 Å². The molecule has 4 bridgehead atoms. The molecule has 1 unspecified atom stereocenters. The third-order valence-corrected chi connectivity index (χ3v) is 9.64. The van der Waals surface area contributed by atoms with Crippen LogP contribution < -0.4 is 0 Å². The van der Waals surface area contributed by atoms with Gasteiger partial charge in [0.05, 0.1) is 6.10 Å². The Balaban J connectivity index is 1.63. The Morgan fingerprint density at radius 3 is 2.48 bits per heavy atom. The quantitative estimate of drug-likeness (QED) is 0.764. The average Bonchev–Trinajstić information content (AvgIpc) is 2.85. The van der Waals surface area contributed by atoms with Crippen LogP contribution >= 0.6 is 0 Å². The molecule has 0 amide bonds. The summed E-state index contributed by atoms with van der Waals surface area (Å²) in [6, 6.07) is 0.